The molecule has 0 unspecified atom stereocenters. The molecule has 0 radical (unpaired) electrons. The Morgan fingerprint density at radius 3 is 2.81 bits per heavy atom. The number of aryl methyl sites for hydroxylation is 2. The molecule has 3 heterocycles. The van der Waals surface area contributed by atoms with Crippen LogP contribution in [-0.4, -0.2) is 45.5 Å². The molecule has 0 bridgehead atoms. The molecule has 6 nitrogen and oxygen atoms in total. The van der Waals surface area contributed by atoms with Crippen molar-refractivity contribution in [1.29, 1.82) is 0 Å². The Labute approximate surface area is 162 Å². The van der Waals surface area contributed by atoms with Gasteiger partial charge in [-0.3, -0.25) is 19.6 Å². The minimum Gasteiger partial charge on any atom is -0.323 e. The number of aromatic nitrogens is 2. The first-order valence-electron chi connectivity index (χ1n) is 9.88. The molecule has 3 aliphatic rings. The van der Waals surface area contributed by atoms with Crippen molar-refractivity contribution in [1.82, 2.24) is 15.1 Å². The minimum atomic E-state index is -0.0674. The SMILES string of the molecule is Cc1ccsc1N1C(=O)CN(C(=O)c2n[nH]c3c2CCC3)[C@H]2CCCC[C@@H]21. The summed E-state index contributed by atoms with van der Waals surface area (Å²) in [6, 6.07) is 2.22. The molecule has 2 amide bonds. The molecule has 2 aliphatic carbocycles. The Hall–Kier alpha value is -2.15. The number of rotatable bonds is 2. The predicted molar refractivity (Wildman–Crippen MR) is 104 cm³/mol. The van der Waals surface area contributed by atoms with Crippen molar-refractivity contribution in [2.45, 2.75) is 64.0 Å². The van der Waals surface area contributed by atoms with Crippen LogP contribution >= 0.6 is 11.3 Å². The molecule has 2 aromatic heterocycles. The number of H-pyrrole nitrogens is 1. The molecule has 0 aromatic carbocycles. The zero-order chi connectivity index (χ0) is 18.5. The van der Waals surface area contributed by atoms with Gasteiger partial charge < -0.3 is 4.90 Å². The van der Waals surface area contributed by atoms with Crippen molar-refractivity contribution >= 4 is 28.2 Å². The van der Waals surface area contributed by atoms with Gasteiger partial charge in [0.05, 0.1) is 12.1 Å². The van der Waals surface area contributed by atoms with Crippen LogP contribution in [0.1, 0.15) is 59.4 Å². The molecule has 142 valence electrons. The fourth-order valence-electron chi connectivity index (χ4n) is 5.01. The molecule has 2 atom stereocenters. The Morgan fingerprint density at radius 1 is 1.22 bits per heavy atom. The lowest BCUT2D eigenvalue weighted by Crippen LogP contribution is -2.64. The van der Waals surface area contributed by atoms with E-state index >= 15 is 0 Å². The van der Waals surface area contributed by atoms with Crippen molar-refractivity contribution < 1.29 is 9.59 Å². The second-order valence-electron chi connectivity index (χ2n) is 7.91. The third kappa shape index (κ3) is 2.63. The molecule has 5 rings (SSSR count). The number of carbonyl (C=O) groups excluding carboxylic acids is 2. The quantitative estimate of drug-likeness (QED) is 0.865. The lowest BCUT2D eigenvalue weighted by molar-refractivity contribution is -0.123. The van der Waals surface area contributed by atoms with Crippen LogP contribution < -0.4 is 4.90 Å². The number of thiophene rings is 1. The molecule has 1 saturated carbocycles. The third-order valence-corrected chi connectivity index (χ3v) is 7.34. The topological polar surface area (TPSA) is 69.3 Å². The van der Waals surface area contributed by atoms with Crippen molar-refractivity contribution in [2.24, 2.45) is 0 Å². The normalized spacial score (nSPS) is 24.9. The summed E-state index contributed by atoms with van der Waals surface area (Å²) in [4.78, 5) is 30.3. The van der Waals surface area contributed by atoms with E-state index in [9.17, 15) is 9.59 Å². The van der Waals surface area contributed by atoms with Gasteiger partial charge in [-0.1, -0.05) is 12.8 Å². The second-order valence-corrected chi connectivity index (χ2v) is 8.80. The Kier molecular flexibility index (Phi) is 4.07. The molecule has 1 saturated heterocycles. The predicted octanol–water partition coefficient (Wildman–Crippen LogP) is 3.07. The number of piperazine rings is 1. The molecule has 27 heavy (non-hydrogen) atoms. The fraction of sp³-hybridized carbons (Fsp3) is 0.550. The van der Waals surface area contributed by atoms with Crippen LogP contribution in [-0.2, 0) is 17.6 Å². The Balaban J connectivity index is 1.49. The van der Waals surface area contributed by atoms with Crippen molar-refractivity contribution in [2.75, 3.05) is 11.4 Å². The maximum absolute atomic E-state index is 13.4. The number of hydrogen-bond acceptors (Lipinski definition) is 4. The lowest BCUT2D eigenvalue weighted by Gasteiger charge is -2.49. The van der Waals surface area contributed by atoms with Crippen LogP contribution in [0.5, 0.6) is 0 Å². The van der Waals surface area contributed by atoms with Gasteiger partial charge in [0.1, 0.15) is 11.5 Å². The first kappa shape index (κ1) is 17.0. The van der Waals surface area contributed by atoms with Gasteiger partial charge in [-0.05, 0) is 56.0 Å². The molecular formula is C20H24N4O2S. The molecule has 0 spiro atoms. The molecule has 1 aliphatic heterocycles. The van der Waals surface area contributed by atoms with Crippen molar-refractivity contribution in [3.63, 3.8) is 0 Å². The molecule has 2 fully saturated rings. The maximum atomic E-state index is 13.4. The van der Waals surface area contributed by atoms with E-state index in [1.807, 2.05) is 15.2 Å². The lowest BCUT2D eigenvalue weighted by atomic mass is 9.85. The van der Waals surface area contributed by atoms with Crippen LogP contribution in [0.2, 0.25) is 0 Å². The first-order valence-corrected chi connectivity index (χ1v) is 10.8. The Bertz CT molecular complexity index is 902. The Morgan fingerprint density at radius 2 is 2.04 bits per heavy atom. The van der Waals surface area contributed by atoms with Crippen LogP contribution in [0, 0.1) is 6.92 Å². The number of aromatic amines is 1. The summed E-state index contributed by atoms with van der Waals surface area (Å²) in [6.07, 6.45) is 7.06. The average molecular weight is 385 g/mol. The van der Waals surface area contributed by atoms with Crippen molar-refractivity contribution in [3.05, 3.63) is 34.0 Å². The van der Waals surface area contributed by atoms with E-state index < -0.39 is 0 Å². The number of amides is 2. The van der Waals surface area contributed by atoms with E-state index in [2.05, 4.69) is 23.2 Å². The first-order chi connectivity index (χ1) is 13.1. The van der Waals surface area contributed by atoms with Gasteiger partial charge in [-0.15, -0.1) is 11.3 Å². The van der Waals surface area contributed by atoms with Crippen LogP contribution in [0.25, 0.3) is 0 Å². The van der Waals surface area contributed by atoms with Gasteiger partial charge in [0.25, 0.3) is 5.91 Å². The highest BCUT2D eigenvalue weighted by Gasteiger charge is 2.46. The van der Waals surface area contributed by atoms with E-state index in [-0.39, 0.29) is 30.4 Å². The van der Waals surface area contributed by atoms with E-state index in [0.29, 0.717) is 5.69 Å². The van der Waals surface area contributed by atoms with Gasteiger partial charge in [0.2, 0.25) is 5.91 Å². The van der Waals surface area contributed by atoms with E-state index in [4.69, 9.17) is 0 Å². The van der Waals surface area contributed by atoms with Crippen LogP contribution in [0.4, 0.5) is 5.00 Å². The number of fused-ring (bicyclic) bond motifs is 2. The van der Waals surface area contributed by atoms with Gasteiger partial charge in [-0.2, -0.15) is 5.10 Å². The summed E-state index contributed by atoms with van der Waals surface area (Å²) in [5, 5.41) is 10.4. The molecule has 2 aromatic rings. The van der Waals surface area contributed by atoms with Gasteiger partial charge in [0.15, 0.2) is 5.69 Å². The third-order valence-electron chi connectivity index (χ3n) is 6.32. The highest BCUT2D eigenvalue weighted by atomic mass is 32.1. The molecular weight excluding hydrogens is 360 g/mol. The number of nitrogens with one attached hydrogen (secondary N) is 1. The maximum Gasteiger partial charge on any atom is 0.275 e. The van der Waals surface area contributed by atoms with E-state index in [1.54, 1.807) is 11.3 Å². The van der Waals surface area contributed by atoms with Crippen LogP contribution in [0.3, 0.4) is 0 Å². The number of hydrogen-bond donors (Lipinski definition) is 1. The summed E-state index contributed by atoms with van der Waals surface area (Å²) in [7, 11) is 0. The zero-order valence-corrected chi connectivity index (χ0v) is 16.3. The zero-order valence-electron chi connectivity index (χ0n) is 15.5. The van der Waals surface area contributed by atoms with Gasteiger partial charge in [-0.25, -0.2) is 0 Å². The summed E-state index contributed by atoms with van der Waals surface area (Å²) < 4.78 is 0. The van der Waals surface area contributed by atoms with Crippen LogP contribution in [0.15, 0.2) is 11.4 Å². The largest absolute Gasteiger partial charge is 0.323 e. The molecule has 1 N–H and O–H groups in total. The number of nitrogens with zero attached hydrogens (tertiary/aromatic N) is 3. The number of carbonyl (C=O) groups is 2. The molecule has 7 heteroatoms. The second kappa shape index (κ2) is 6.48. The summed E-state index contributed by atoms with van der Waals surface area (Å²) >= 11 is 1.62. The summed E-state index contributed by atoms with van der Waals surface area (Å²) in [6.45, 7) is 2.21. The highest BCUT2D eigenvalue weighted by molar-refractivity contribution is 7.14. The average Bonchev–Trinajstić information content (AvgIpc) is 3.38. The van der Waals surface area contributed by atoms with E-state index in [1.165, 1.54) is 0 Å². The fourth-order valence-corrected chi connectivity index (χ4v) is 6.02. The van der Waals surface area contributed by atoms with Gasteiger partial charge in [0, 0.05) is 11.3 Å². The minimum absolute atomic E-state index is 0.0317. The monoisotopic (exact) mass is 384 g/mol. The number of anilines is 1. The standard InChI is InChI=1S/C20H24N4O2S/c1-12-9-10-27-20(12)24-16-8-3-2-7-15(16)23(11-17(24)25)19(26)18-13-5-4-6-14(13)21-22-18/h9-10,15-16H,2-8,11H2,1H3,(H,21,22)/t15-,16-/m0/s1. The summed E-state index contributed by atoms with van der Waals surface area (Å²) in [5.74, 6) is -0.0357. The highest BCUT2D eigenvalue weighted by Crippen LogP contribution is 2.38. The van der Waals surface area contributed by atoms with Gasteiger partial charge >= 0.3 is 0 Å². The van der Waals surface area contributed by atoms with E-state index in [0.717, 1.165) is 66.8 Å². The van der Waals surface area contributed by atoms with Crippen molar-refractivity contribution in [3.8, 4) is 0 Å². The smallest absolute Gasteiger partial charge is 0.275 e. The summed E-state index contributed by atoms with van der Waals surface area (Å²) in [5.41, 5.74) is 3.84.